The van der Waals surface area contributed by atoms with E-state index in [4.69, 9.17) is 9.26 Å². The quantitative estimate of drug-likeness (QED) is 0.812. The zero-order valence-corrected chi connectivity index (χ0v) is 13.7. The molecule has 3 rings (SSSR count). The molecular weight excluding hydrogens is 314 g/mol. The topological polar surface area (TPSA) is 105 Å². The first kappa shape index (κ1) is 16.9. The fraction of sp³-hybridized carbons (Fsp3) is 0.688. The molecule has 1 saturated heterocycles. The molecule has 0 unspecified atom stereocenters. The minimum atomic E-state index is -0.734. The lowest BCUT2D eigenvalue weighted by molar-refractivity contribution is -0.137. The van der Waals surface area contributed by atoms with Crippen molar-refractivity contribution in [3.8, 4) is 0 Å². The van der Waals surface area contributed by atoms with Crippen molar-refractivity contribution < 1.29 is 24.0 Å². The van der Waals surface area contributed by atoms with Crippen LogP contribution in [-0.4, -0.2) is 65.4 Å². The highest BCUT2D eigenvalue weighted by Crippen LogP contribution is 2.29. The Hall–Kier alpha value is -1.93. The average Bonchev–Trinajstić information content (AvgIpc) is 3.25. The minimum Gasteiger partial charge on any atom is -0.391 e. The standard InChI is InChI=1S/C16H23N3O5/c1-23-11-3-6-19(7-4-11)16(22)10-8-12(13(20)9-10)18-15(21)14-2-5-17-24-14/h2,5,10-13,20H,3-4,6-9H2,1H3,(H,18,21)/t10-,12+,13+/m0/s1. The average molecular weight is 337 g/mol. The van der Waals surface area contributed by atoms with Crippen molar-refractivity contribution in [1.29, 1.82) is 0 Å². The second-order valence-corrected chi connectivity index (χ2v) is 6.45. The molecule has 1 saturated carbocycles. The Bertz CT molecular complexity index is 568. The third kappa shape index (κ3) is 3.59. The minimum absolute atomic E-state index is 0.0556. The fourth-order valence-electron chi connectivity index (χ4n) is 3.51. The summed E-state index contributed by atoms with van der Waals surface area (Å²) in [5.41, 5.74) is 0. The molecule has 8 nitrogen and oxygen atoms in total. The SMILES string of the molecule is COC1CCN(C(=O)[C@@H]2C[C@@H](O)[C@H](NC(=O)c3ccno3)C2)CC1. The van der Waals surface area contributed by atoms with Gasteiger partial charge in [0.1, 0.15) is 0 Å². The van der Waals surface area contributed by atoms with Gasteiger partial charge in [0.05, 0.1) is 24.4 Å². The molecule has 0 aromatic carbocycles. The van der Waals surface area contributed by atoms with Gasteiger partial charge in [-0.3, -0.25) is 9.59 Å². The Morgan fingerprint density at radius 3 is 2.75 bits per heavy atom. The van der Waals surface area contributed by atoms with Crippen LogP contribution in [0.25, 0.3) is 0 Å². The van der Waals surface area contributed by atoms with E-state index in [2.05, 4.69) is 10.5 Å². The maximum absolute atomic E-state index is 12.6. The van der Waals surface area contributed by atoms with Gasteiger partial charge in [0.25, 0.3) is 5.91 Å². The molecule has 1 aromatic rings. The van der Waals surface area contributed by atoms with Crippen LogP contribution in [0.1, 0.15) is 36.2 Å². The summed E-state index contributed by atoms with van der Waals surface area (Å²) in [5.74, 6) is -0.539. The summed E-state index contributed by atoms with van der Waals surface area (Å²) in [5, 5.41) is 16.4. The number of ether oxygens (including phenoxy) is 1. The molecule has 2 N–H and O–H groups in total. The monoisotopic (exact) mass is 337 g/mol. The summed E-state index contributed by atoms with van der Waals surface area (Å²) >= 11 is 0. The molecule has 0 bridgehead atoms. The summed E-state index contributed by atoms with van der Waals surface area (Å²) in [6.45, 7) is 1.36. The number of aliphatic hydroxyl groups excluding tert-OH is 1. The highest BCUT2D eigenvalue weighted by molar-refractivity contribution is 5.91. The lowest BCUT2D eigenvalue weighted by atomic mass is 10.0. The van der Waals surface area contributed by atoms with Gasteiger partial charge in [-0.1, -0.05) is 5.16 Å². The largest absolute Gasteiger partial charge is 0.391 e. The van der Waals surface area contributed by atoms with Gasteiger partial charge in [-0.15, -0.1) is 0 Å². The summed E-state index contributed by atoms with van der Waals surface area (Å²) in [6, 6.07) is 1.01. The number of hydrogen-bond donors (Lipinski definition) is 2. The van der Waals surface area contributed by atoms with Crippen LogP contribution >= 0.6 is 0 Å². The molecule has 24 heavy (non-hydrogen) atoms. The molecule has 1 aliphatic carbocycles. The first-order valence-corrected chi connectivity index (χ1v) is 8.29. The van der Waals surface area contributed by atoms with Gasteiger partial charge < -0.3 is 24.6 Å². The lowest BCUT2D eigenvalue weighted by Crippen LogP contribution is -2.43. The van der Waals surface area contributed by atoms with Crippen LogP contribution < -0.4 is 5.32 Å². The molecule has 0 radical (unpaired) electrons. The van der Waals surface area contributed by atoms with Gasteiger partial charge in [0.2, 0.25) is 11.7 Å². The van der Waals surface area contributed by atoms with Crippen LogP contribution in [0.5, 0.6) is 0 Å². The first-order chi connectivity index (χ1) is 11.6. The van der Waals surface area contributed by atoms with E-state index in [1.165, 1.54) is 12.3 Å². The Kier molecular flexibility index (Phi) is 5.15. The molecule has 2 heterocycles. The zero-order valence-electron chi connectivity index (χ0n) is 13.7. The smallest absolute Gasteiger partial charge is 0.290 e. The number of carbonyl (C=O) groups is 2. The number of amides is 2. The molecular formula is C16H23N3O5. The maximum Gasteiger partial charge on any atom is 0.290 e. The van der Waals surface area contributed by atoms with Crippen molar-refractivity contribution >= 4 is 11.8 Å². The highest BCUT2D eigenvalue weighted by atomic mass is 16.5. The number of aliphatic hydroxyl groups is 1. The van der Waals surface area contributed by atoms with E-state index in [1.54, 1.807) is 7.11 Å². The Balaban J connectivity index is 1.53. The molecule has 2 aliphatic rings. The van der Waals surface area contributed by atoms with Gasteiger partial charge in [-0.25, -0.2) is 0 Å². The van der Waals surface area contributed by atoms with E-state index in [0.29, 0.717) is 25.9 Å². The van der Waals surface area contributed by atoms with E-state index in [-0.39, 0.29) is 23.7 Å². The molecule has 1 aromatic heterocycles. The number of carbonyl (C=O) groups excluding carboxylic acids is 2. The molecule has 2 fully saturated rings. The van der Waals surface area contributed by atoms with Crippen LogP contribution in [0, 0.1) is 5.92 Å². The normalized spacial score (nSPS) is 28.1. The van der Waals surface area contributed by atoms with Gasteiger partial charge in [-0.05, 0) is 25.7 Å². The van der Waals surface area contributed by atoms with Gasteiger partial charge in [0, 0.05) is 32.2 Å². The number of rotatable bonds is 4. The van der Waals surface area contributed by atoms with Gasteiger partial charge in [-0.2, -0.15) is 0 Å². The maximum atomic E-state index is 12.6. The number of aromatic nitrogens is 1. The van der Waals surface area contributed by atoms with Crippen molar-refractivity contribution in [3.63, 3.8) is 0 Å². The van der Waals surface area contributed by atoms with Gasteiger partial charge in [0.15, 0.2) is 0 Å². The van der Waals surface area contributed by atoms with Crippen molar-refractivity contribution in [3.05, 3.63) is 18.0 Å². The lowest BCUT2D eigenvalue weighted by Gasteiger charge is -2.33. The highest BCUT2D eigenvalue weighted by Gasteiger charge is 2.40. The van der Waals surface area contributed by atoms with Crippen LogP contribution in [-0.2, 0) is 9.53 Å². The molecule has 1 aliphatic heterocycles. The first-order valence-electron chi connectivity index (χ1n) is 8.29. The zero-order chi connectivity index (χ0) is 17.1. The second kappa shape index (κ2) is 7.31. The number of hydrogen-bond acceptors (Lipinski definition) is 6. The van der Waals surface area contributed by atoms with Crippen LogP contribution in [0.2, 0.25) is 0 Å². The Labute approximate surface area is 140 Å². The molecule has 8 heteroatoms. The van der Waals surface area contributed by atoms with E-state index in [9.17, 15) is 14.7 Å². The summed E-state index contributed by atoms with van der Waals surface area (Å²) < 4.78 is 10.1. The summed E-state index contributed by atoms with van der Waals surface area (Å²) in [6.07, 6.45) is 3.34. The molecule has 2 amide bonds. The molecule has 132 valence electrons. The van der Waals surface area contributed by atoms with Crippen molar-refractivity contribution in [1.82, 2.24) is 15.4 Å². The summed E-state index contributed by atoms with van der Waals surface area (Å²) in [7, 11) is 1.69. The van der Waals surface area contributed by atoms with Crippen molar-refractivity contribution in [2.24, 2.45) is 5.92 Å². The molecule has 0 spiro atoms. The number of piperidine rings is 1. The van der Waals surface area contributed by atoms with Crippen molar-refractivity contribution in [2.45, 2.75) is 43.9 Å². The van der Waals surface area contributed by atoms with Crippen molar-refractivity contribution in [2.75, 3.05) is 20.2 Å². The van der Waals surface area contributed by atoms with E-state index >= 15 is 0 Å². The molecule has 3 atom stereocenters. The third-order valence-electron chi connectivity index (χ3n) is 4.94. The van der Waals surface area contributed by atoms with E-state index in [0.717, 1.165) is 12.8 Å². The van der Waals surface area contributed by atoms with E-state index < -0.39 is 18.1 Å². The summed E-state index contributed by atoms with van der Waals surface area (Å²) in [4.78, 5) is 26.5. The predicted octanol–water partition coefficient (Wildman–Crippen LogP) is 0.181. The predicted molar refractivity (Wildman–Crippen MR) is 83.1 cm³/mol. The Morgan fingerprint density at radius 1 is 1.38 bits per heavy atom. The van der Waals surface area contributed by atoms with E-state index in [1.807, 2.05) is 4.90 Å². The van der Waals surface area contributed by atoms with Gasteiger partial charge >= 0.3 is 0 Å². The number of methoxy groups -OCH3 is 1. The number of nitrogens with zero attached hydrogens (tertiary/aromatic N) is 2. The Morgan fingerprint density at radius 2 is 2.12 bits per heavy atom. The number of nitrogens with one attached hydrogen (secondary N) is 1. The fourth-order valence-corrected chi connectivity index (χ4v) is 3.51. The van der Waals surface area contributed by atoms with Crippen LogP contribution in [0.15, 0.2) is 16.8 Å². The van der Waals surface area contributed by atoms with Crippen LogP contribution in [0.4, 0.5) is 0 Å². The second-order valence-electron chi connectivity index (χ2n) is 6.45. The number of likely N-dealkylation sites (tertiary alicyclic amines) is 1. The third-order valence-corrected chi connectivity index (χ3v) is 4.94. The van der Waals surface area contributed by atoms with Crippen LogP contribution in [0.3, 0.4) is 0 Å².